The highest BCUT2D eigenvalue weighted by molar-refractivity contribution is 5.99. The summed E-state index contributed by atoms with van der Waals surface area (Å²) in [4.78, 5) is 25.9. The molecule has 4 rings (SSSR count). The summed E-state index contributed by atoms with van der Waals surface area (Å²) in [7, 11) is 0. The van der Waals surface area contributed by atoms with Crippen molar-refractivity contribution in [3.05, 3.63) is 71.6 Å². The molecule has 0 unspecified atom stereocenters. The molecule has 29 heavy (non-hydrogen) atoms. The van der Waals surface area contributed by atoms with Gasteiger partial charge in [0, 0.05) is 61.2 Å². The Labute approximate surface area is 169 Å². The zero-order chi connectivity index (χ0) is 20.4. The van der Waals surface area contributed by atoms with Crippen molar-refractivity contribution < 1.29 is 9.18 Å². The Morgan fingerprint density at radius 3 is 2.34 bits per heavy atom. The van der Waals surface area contributed by atoms with Gasteiger partial charge in [0.1, 0.15) is 5.82 Å². The molecule has 3 heterocycles. The first-order valence-corrected chi connectivity index (χ1v) is 9.75. The van der Waals surface area contributed by atoms with E-state index in [4.69, 9.17) is 0 Å². The Balaban J connectivity index is 1.43. The second-order valence-corrected chi connectivity index (χ2v) is 7.33. The monoisotopic (exact) mass is 393 g/mol. The summed E-state index contributed by atoms with van der Waals surface area (Å²) >= 11 is 0. The van der Waals surface area contributed by atoms with E-state index in [0.717, 1.165) is 54.8 Å². The smallest absolute Gasteiger partial charge is 0.225 e. The van der Waals surface area contributed by atoms with E-state index >= 15 is 0 Å². The number of nitrogens with zero attached hydrogens (tertiary/aromatic N) is 5. The van der Waals surface area contributed by atoms with E-state index in [9.17, 15) is 9.18 Å². The van der Waals surface area contributed by atoms with E-state index in [1.807, 2.05) is 24.5 Å². The molecule has 1 saturated heterocycles. The molecule has 0 amide bonds. The van der Waals surface area contributed by atoms with Gasteiger partial charge in [0.05, 0.1) is 6.54 Å². The third kappa shape index (κ3) is 4.05. The number of aromatic nitrogens is 3. The number of carbonyl (C=O) groups excluding carboxylic acids is 1. The Morgan fingerprint density at radius 2 is 1.69 bits per heavy atom. The first kappa shape index (κ1) is 19.3. The summed E-state index contributed by atoms with van der Waals surface area (Å²) in [5, 5.41) is 0. The number of piperazine rings is 1. The summed E-state index contributed by atoms with van der Waals surface area (Å²) in [6.07, 6.45) is 3.49. The van der Waals surface area contributed by atoms with E-state index in [2.05, 4.69) is 19.8 Å². The van der Waals surface area contributed by atoms with Gasteiger partial charge in [0.25, 0.3) is 0 Å². The summed E-state index contributed by atoms with van der Waals surface area (Å²) in [5.74, 6) is 0.574. The lowest BCUT2D eigenvalue weighted by atomic mass is 10.1. The summed E-state index contributed by atoms with van der Waals surface area (Å²) in [5.41, 5.74) is 3.43. The van der Waals surface area contributed by atoms with Gasteiger partial charge in [-0.2, -0.15) is 0 Å². The lowest BCUT2D eigenvalue weighted by molar-refractivity contribution is 0.0925. The number of ketones is 1. The minimum atomic E-state index is -0.271. The van der Waals surface area contributed by atoms with Crippen LogP contribution in [0.3, 0.4) is 0 Å². The average Bonchev–Trinajstić information content (AvgIpc) is 3.04. The molecule has 1 fully saturated rings. The van der Waals surface area contributed by atoms with Gasteiger partial charge >= 0.3 is 0 Å². The van der Waals surface area contributed by atoms with Crippen molar-refractivity contribution in [2.45, 2.75) is 13.8 Å². The number of halogens is 1. The first-order valence-electron chi connectivity index (χ1n) is 9.75. The standard InChI is InChI=1S/C22H24FN5O/c1-16-14-20(17(2)28(16)19-6-4-18(23)5-7-19)21(29)15-26-10-12-27(13-11-26)22-24-8-3-9-25-22/h3-9,14H,10-13,15H2,1-2H3. The van der Waals surface area contributed by atoms with Crippen LogP contribution in [0.2, 0.25) is 0 Å². The molecule has 0 aliphatic carbocycles. The van der Waals surface area contributed by atoms with Crippen molar-refractivity contribution in [3.63, 3.8) is 0 Å². The molecule has 0 saturated carbocycles. The van der Waals surface area contributed by atoms with Crippen molar-refractivity contribution in [2.75, 3.05) is 37.6 Å². The third-order valence-corrected chi connectivity index (χ3v) is 5.39. The van der Waals surface area contributed by atoms with Gasteiger partial charge in [-0.3, -0.25) is 9.69 Å². The Morgan fingerprint density at radius 1 is 1.03 bits per heavy atom. The third-order valence-electron chi connectivity index (χ3n) is 5.39. The molecule has 0 N–H and O–H groups in total. The van der Waals surface area contributed by atoms with Gasteiger partial charge in [0.2, 0.25) is 5.95 Å². The zero-order valence-corrected chi connectivity index (χ0v) is 16.7. The quantitative estimate of drug-likeness (QED) is 0.624. The van der Waals surface area contributed by atoms with Gasteiger partial charge in [-0.25, -0.2) is 14.4 Å². The number of anilines is 1. The zero-order valence-electron chi connectivity index (χ0n) is 16.7. The molecule has 0 spiro atoms. The van der Waals surface area contributed by atoms with Crippen LogP contribution in [0.5, 0.6) is 0 Å². The molecule has 2 aromatic heterocycles. The van der Waals surface area contributed by atoms with Crippen LogP contribution in [0.4, 0.5) is 10.3 Å². The number of benzene rings is 1. The normalized spacial score (nSPS) is 14.9. The van der Waals surface area contributed by atoms with E-state index in [1.54, 1.807) is 30.6 Å². The van der Waals surface area contributed by atoms with Crippen LogP contribution in [0, 0.1) is 19.7 Å². The van der Waals surface area contributed by atoms with Crippen molar-refractivity contribution >= 4 is 11.7 Å². The fourth-order valence-electron chi connectivity index (χ4n) is 3.88. The molecule has 0 bridgehead atoms. The fraction of sp³-hybridized carbons (Fsp3) is 0.318. The molecule has 3 aromatic rings. The number of Topliss-reactive ketones (excluding diaryl/α,β-unsaturated/α-hetero) is 1. The average molecular weight is 393 g/mol. The van der Waals surface area contributed by atoms with E-state index in [1.165, 1.54) is 12.1 Å². The maximum absolute atomic E-state index is 13.3. The van der Waals surface area contributed by atoms with Crippen LogP contribution >= 0.6 is 0 Å². The fourth-order valence-corrected chi connectivity index (χ4v) is 3.88. The second-order valence-electron chi connectivity index (χ2n) is 7.33. The topological polar surface area (TPSA) is 54.3 Å². The maximum Gasteiger partial charge on any atom is 0.225 e. The largest absolute Gasteiger partial charge is 0.338 e. The molecule has 1 aliphatic rings. The lowest BCUT2D eigenvalue weighted by Gasteiger charge is -2.34. The van der Waals surface area contributed by atoms with Gasteiger partial charge < -0.3 is 9.47 Å². The number of rotatable bonds is 5. The van der Waals surface area contributed by atoms with Gasteiger partial charge in [-0.15, -0.1) is 0 Å². The predicted octanol–water partition coefficient (Wildman–Crippen LogP) is 3.03. The van der Waals surface area contributed by atoms with Crippen LogP contribution < -0.4 is 4.90 Å². The van der Waals surface area contributed by atoms with Gasteiger partial charge in [-0.05, 0) is 50.2 Å². The molecular formula is C22H24FN5O. The highest BCUT2D eigenvalue weighted by atomic mass is 19.1. The minimum absolute atomic E-state index is 0.107. The molecule has 150 valence electrons. The van der Waals surface area contributed by atoms with Gasteiger partial charge in [0.15, 0.2) is 5.78 Å². The van der Waals surface area contributed by atoms with E-state index in [0.29, 0.717) is 6.54 Å². The Kier molecular flexibility index (Phi) is 5.40. The second kappa shape index (κ2) is 8.13. The van der Waals surface area contributed by atoms with Crippen LogP contribution in [0.25, 0.3) is 5.69 Å². The molecule has 1 aromatic carbocycles. The first-order chi connectivity index (χ1) is 14.0. The molecule has 0 atom stereocenters. The van der Waals surface area contributed by atoms with Crippen LogP contribution in [0.1, 0.15) is 21.7 Å². The lowest BCUT2D eigenvalue weighted by Crippen LogP contribution is -2.48. The minimum Gasteiger partial charge on any atom is -0.338 e. The Bertz CT molecular complexity index is 992. The highest BCUT2D eigenvalue weighted by Crippen LogP contribution is 2.22. The SMILES string of the molecule is Cc1cc(C(=O)CN2CCN(c3ncccn3)CC2)c(C)n1-c1ccc(F)cc1. The van der Waals surface area contributed by atoms with Gasteiger partial charge in [-0.1, -0.05) is 0 Å². The van der Waals surface area contributed by atoms with Crippen molar-refractivity contribution in [3.8, 4) is 5.69 Å². The molecule has 6 nitrogen and oxygen atoms in total. The molecule has 1 aliphatic heterocycles. The number of hydrogen-bond acceptors (Lipinski definition) is 5. The Hall–Kier alpha value is -3.06. The summed E-state index contributed by atoms with van der Waals surface area (Å²) in [6, 6.07) is 10.1. The van der Waals surface area contributed by atoms with E-state index in [-0.39, 0.29) is 11.6 Å². The summed E-state index contributed by atoms with van der Waals surface area (Å²) < 4.78 is 15.3. The van der Waals surface area contributed by atoms with Crippen molar-refractivity contribution in [2.24, 2.45) is 0 Å². The predicted molar refractivity (Wildman–Crippen MR) is 110 cm³/mol. The molecule has 0 radical (unpaired) electrons. The summed E-state index contributed by atoms with van der Waals surface area (Å²) in [6.45, 7) is 7.47. The number of hydrogen-bond donors (Lipinski definition) is 0. The van der Waals surface area contributed by atoms with E-state index < -0.39 is 0 Å². The van der Waals surface area contributed by atoms with Crippen LogP contribution in [-0.4, -0.2) is 57.9 Å². The number of carbonyl (C=O) groups is 1. The van der Waals surface area contributed by atoms with Crippen molar-refractivity contribution in [1.82, 2.24) is 19.4 Å². The van der Waals surface area contributed by atoms with Crippen LogP contribution in [0.15, 0.2) is 48.8 Å². The van der Waals surface area contributed by atoms with Crippen molar-refractivity contribution in [1.29, 1.82) is 0 Å². The molecule has 7 heteroatoms. The molecular weight excluding hydrogens is 369 g/mol. The maximum atomic E-state index is 13.3. The number of aryl methyl sites for hydroxylation is 1. The highest BCUT2D eigenvalue weighted by Gasteiger charge is 2.23. The van der Waals surface area contributed by atoms with Crippen LogP contribution in [-0.2, 0) is 0 Å².